The topological polar surface area (TPSA) is 56.1 Å². The number of nitrogens with zero attached hydrogens (tertiary/aromatic N) is 2. The van der Waals surface area contributed by atoms with Crippen molar-refractivity contribution in [1.82, 2.24) is 15.1 Å². The number of nitrogens with one attached hydrogen (secondary N) is 1. The molecule has 1 aromatic carbocycles. The molecule has 0 aliphatic carbocycles. The number of amides is 1. The van der Waals surface area contributed by atoms with Crippen LogP contribution >= 0.6 is 0 Å². The van der Waals surface area contributed by atoms with Crippen molar-refractivity contribution in [3.05, 3.63) is 47.3 Å². The lowest BCUT2D eigenvalue weighted by Crippen LogP contribution is -2.47. The largest absolute Gasteiger partial charge is 0.496 e. The Hall–Kier alpha value is -2.30. The first-order chi connectivity index (χ1) is 11.2. The van der Waals surface area contributed by atoms with E-state index in [9.17, 15) is 4.79 Å². The Kier molecular flexibility index (Phi) is 5.32. The van der Waals surface area contributed by atoms with E-state index in [-0.39, 0.29) is 11.9 Å². The van der Waals surface area contributed by atoms with Crippen molar-refractivity contribution in [2.75, 3.05) is 7.11 Å². The molecule has 0 radical (unpaired) electrons. The monoisotopic (exact) mass is 329 g/mol. The summed E-state index contributed by atoms with van der Waals surface area (Å²) in [7, 11) is 1.66. The fourth-order valence-electron chi connectivity index (χ4n) is 2.96. The molecule has 0 unspecified atom stereocenters. The Morgan fingerprint density at radius 2 is 2.00 bits per heavy atom. The highest BCUT2D eigenvalue weighted by Crippen LogP contribution is 2.23. The minimum absolute atomic E-state index is 0.0407. The van der Waals surface area contributed by atoms with Gasteiger partial charge in [0.05, 0.1) is 12.8 Å². The molecule has 24 heavy (non-hydrogen) atoms. The van der Waals surface area contributed by atoms with Crippen LogP contribution in [0.4, 0.5) is 0 Å². The first-order valence-electron chi connectivity index (χ1n) is 8.20. The van der Waals surface area contributed by atoms with Gasteiger partial charge in [-0.15, -0.1) is 0 Å². The first kappa shape index (κ1) is 18.0. The number of carbonyl (C=O) groups excluding carboxylic acids is 1. The van der Waals surface area contributed by atoms with Crippen LogP contribution in [0.2, 0.25) is 0 Å². The molecule has 1 heterocycles. The molecule has 0 spiro atoms. The third kappa shape index (κ3) is 4.16. The highest BCUT2D eigenvalue weighted by atomic mass is 16.5. The number of hydrogen-bond donors (Lipinski definition) is 1. The van der Waals surface area contributed by atoms with E-state index in [1.807, 2.05) is 65.0 Å². The molecule has 1 aromatic heterocycles. The number of hydrogen-bond acceptors (Lipinski definition) is 3. The van der Waals surface area contributed by atoms with Crippen molar-refractivity contribution in [1.29, 1.82) is 0 Å². The zero-order valence-corrected chi connectivity index (χ0v) is 15.4. The molecule has 1 amide bonds. The predicted molar refractivity (Wildman–Crippen MR) is 95.3 cm³/mol. The lowest BCUT2D eigenvalue weighted by molar-refractivity contribution is -0.125. The van der Waals surface area contributed by atoms with Gasteiger partial charge in [-0.1, -0.05) is 18.2 Å². The van der Waals surface area contributed by atoms with Gasteiger partial charge in [0.2, 0.25) is 5.91 Å². The summed E-state index contributed by atoms with van der Waals surface area (Å²) in [5.74, 6) is 0.799. The van der Waals surface area contributed by atoms with Crippen molar-refractivity contribution in [3.8, 4) is 5.75 Å². The molecule has 0 aliphatic heterocycles. The van der Waals surface area contributed by atoms with E-state index in [0.29, 0.717) is 6.42 Å². The Morgan fingerprint density at radius 3 is 2.58 bits per heavy atom. The van der Waals surface area contributed by atoms with Gasteiger partial charge < -0.3 is 10.1 Å². The van der Waals surface area contributed by atoms with Gasteiger partial charge in [-0.2, -0.15) is 5.10 Å². The molecular weight excluding hydrogens is 302 g/mol. The second kappa shape index (κ2) is 7.07. The van der Waals surface area contributed by atoms with Gasteiger partial charge in [0, 0.05) is 11.2 Å². The molecule has 1 N–H and O–H groups in total. The number of ether oxygens (including phenoxy) is 1. The number of aromatic nitrogens is 2. The number of para-hydroxylation sites is 1. The van der Waals surface area contributed by atoms with E-state index < -0.39 is 5.54 Å². The minimum Gasteiger partial charge on any atom is -0.496 e. The Morgan fingerprint density at radius 1 is 1.33 bits per heavy atom. The van der Waals surface area contributed by atoms with Crippen molar-refractivity contribution in [3.63, 3.8) is 0 Å². The fraction of sp³-hybridized carbons (Fsp3) is 0.474. The van der Waals surface area contributed by atoms with Gasteiger partial charge in [0.15, 0.2) is 0 Å². The molecule has 2 aromatic rings. The molecule has 130 valence electrons. The molecule has 0 aliphatic rings. The molecule has 1 atom stereocenters. The van der Waals surface area contributed by atoms with Crippen LogP contribution in [-0.2, 0) is 11.2 Å². The van der Waals surface area contributed by atoms with E-state index >= 15 is 0 Å². The summed E-state index contributed by atoms with van der Waals surface area (Å²) in [6.07, 6.45) is 0.687. The van der Waals surface area contributed by atoms with Crippen LogP contribution in [0.1, 0.15) is 43.8 Å². The van der Waals surface area contributed by atoms with Crippen LogP contribution in [-0.4, -0.2) is 28.3 Å². The second-order valence-electron chi connectivity index (χ2n) is 6.91. The van der Waals surface area contributed by atoms with Gasteiger partial charge in [0.25, 0.3) is 0 Å². The number of benzene rings is 1. The summed E-state index contributed by atoms with van der Waals surface area (Å²) in [6.45, 7) is 9.80. The van der Waals surface area contributed by atoms with Crippen LogP contribution in [0, 0.1) is 13.8 Å². The Labute approximate surface area is 144 Å². The summed E-state index contributed by atoms with van der Waals surface area (Å²) in [6, 6.07) is 9.51. The average molecular weight is 329 g/mol. The van der Waals surface area contributed by atoms with Crippen LogP contribution < -0.4 is 10.1 Å². The van der Waals surface area contributed by atoms with E-state index in [4.69, 9.17) is 4.74 Å². The van der Waals surface area contributed by atoms with Crippen LogP contribution in [0.5, 0.6) is 5.75 Å². The van der Waals surface area contributed by atoms with E-state index in [1.54, 1.807) is 11.8 Å². The van der Waals surface area contributed by atoms with Gasteiger partial charge in [-0.3, -0.25) is 9.48 Å². The molecule has 5 heteroatoms. The summed E-state index contributed by atoms with van der Waals surface area (Å²) in [5.41, 5.74) is 2.58. The molecule has 0 saturated heterocycles. The Balaban J connectivity index is 2.10. The van der Waals surface area contributed by atoms with E-state index in [2.05, 4.69) is 10.4 Å². The lowest BCUT2D eigenvalue weighted by Gasteiger charge is -2.29. The SMILES string of the molecule is COc1ccccc1CC(C)(C)NC(=O)[C@@H](C)n1nc(C)cc1C. The predicted octanol–water partition coefficient (Wildman–Crippen LogP) is 3.21. The van der Waals surface area contributed by atoms with Crippen LogP contribution in [0.15, 0.2) is 30.3 Å². The standard InChI is InChI=1S/C19H27N3O2/c1-13-11-14(2)22(21-13)15(3)18(23)20-19(4,5)12-16-9-7-8-10-17(16)24-6/h7-11,15H,12H2,1-6H3,(H,20,23)/t15-/m1/s1. The van der Waals surface area contributed by atoms with Crippen molar-refractivity contribution in [2.45, 2.75) is 52.6 Å². The van der Waals surface area contributed by atoms with Gasteiger partial charge in [-0.05, 0) is 58.7 Å². The highest BCUT2D eigenvalue weighted by molar-refractivity contribution is 5.80. The zero-order valence-electron chi connectivity index (χ0n) is 15.4. The van der Waals surface area contributed by atoms with E-state index in [0.717, 1.165) is 22.7 Å². The third-order valence-electron chi connectivity index (χ3n) is 4.08. The molecule has 0 bridgehead atoms. The summed E-state index contributed by atoms with van der Waals surface area (Å²) < 4.78 is 7.17. The number of aryl methyl sites for hydroxylation is 2. The average Bonchev–Trinajstić information content (AvgIpc) is 2.84. The first-order valence-corrected chi connectivity index (χ1v) is 8.20. The van der Waals surface area contributed by atoms with Crippen LogP contribution in [0.25, 0.3) is 0 Å². The number of methoxy groups -OCH3 is 1. The third-order valence-corrected chi connectivity index (χ3v) is 4.08. The molecular formula is C19H27N3O2. The maximum absolute atomic E-state index is 12.7. The van der Waals surface area contributed by atoms with Crippen LogP contribution in [0.3, 0.4) is 0 Å². The molecule has 2 rings (SSSR count). The minimum atomic E-state index is -0.393. The fourth-order valence-corrected chi connectivity index (χ4v) is 2.96. The summed E-state index contributed by atoms with van der Waals surface area (Å²) in [5, 5.41) is 7.54. The summed E-state index contributed by atoms with van der Waals surface area (Å²) >= 11 is 0. The van der Waals surface area contributed by atoms with Gasteiger partial charge >= 0.3 is 0 Å². The second-order valence-corrected chi connectivity index (χ2v) is 6.91. The maximum Gasteiger partial charge on any atom is 0.245 e. The van der Waals surface area contributed by atoms with Crippen molar-refractivity contribution >= 4 is 5.91 Å². The zero-order chi connectivity index (χ0) is 17.9. The maximum atomic E-state index is 12.7. The van der Waals surface area contributed by atoms with Crippen molar-refractivity contribution < 1.29 is 9.53 Å². The number of rotatable bonds is 6. The van der Waals surface area contributed by atoms with Crippen molar-refractivity contribution in [2.24, 2.45) is 0 Å². The Bertz CT molecular complexity index is 719. The highest BCUT2D eigenvalue weighted by Gasteiger charge is 2.26. The quantitative estimate of drug-likeness (QED) is 0.885. The number of carbonyl (C=O) groups is 1. The summed E-state index contributed by atoms with van der Waals surface area (Å²) in [4.78, 5) is 12.7. The molecule has 0 saturated carbocycles. The molecule has 5 nitrogen and oxygen atoms in total. The smallest absolute Gasteiger partial charge is 0.245 e. The van der Waals surface area contributed by atoms with Gasteiger partial charge in [0.1, 0.15) is 11.8 Å². The normalized spacial score (nSPS) is 12.8. The van der Waals surface area contributed by atoms with E-state index in [1.165, 1.54) is 0 Å². The lowest BCUT2D eigenvalue weighted by atomic mass is 9.94. The molecule has 0 fully saturated rings. The van der Waals surface area contributed by atoms with Gasteiger partial charge in [-0.25, -0.2) is 0 Å².